The third-order valence-electron chi connectivity index (χ3n) is 6.25. The number of aliphatic imine (C=N–C) groups is 1. The Morgan fingerprint density at radius 2 is 2.03 bits per heavy atom. The maximum atomic E-state index is 4.58. The third kappa shape index (κ3) is 6.11. The number of nitrogens with one attached hydrogen (secondary N) is 1. The highest BCUT2D eigenvalue weighted by Gasteiger charge is 2.28. The topological polar surface area (TPSA) is 63.3 Å². The van der Waals surface area contributed by atoms with Crippen LogP contribution in [0.25, 0.3) is 0 Å². The van der Waals surface area contributed by atoms with Gasteiger partial charge in [0, 0.05) is 51.5 Å². The third-order valence-corrected chi connectivity index (χ3v) is 6.25. The van der Waals surface area contributed by atoms with Crippen molar-refractivity contribution in [2.75, 3.05) is 20.1 Å². The van der Waals surface area contributed by atoms with Gasteiger partial charge >= 0.3 is 0 Å². The molecule has 1 aliphatic rings. The molecule has 7 nitrogen and oxygen atoms in total. The SMILES string of the molecule is CN=C(NCc1nccn1CCCc1ccccc1)N1CCC(C)C(n2ccnc2)C1.I. The van der Waals surface area contributed by atoms with Crippen molar-refractivity contribution in [2.24, 2.45) is 10.9 Å². The first-order valence-electron chi connectivity index (χ1n) is 11.2. The molecule has 32 heavy (non-hydrogen) atoms. The molecule has 0 bridgehead atoms. The van der Waals surface area contributed by atoms with Crippen molar-refractivity contribution in [1.29, 1.82) is 0 Å². The number of likely N-dealkylation sites (tertiary alicyclic amines) is 1. The maximum absolute atomic E-state index is 4.58. The van der Waals surface area contributed by atoms with Gasteiger partial charge in [-0.15, -0.1) is 24.0 Å². The van der Waals surface area contributed by atoms with Crippen molar-refractivity contribution >= 4 is 29.9 Å². The summed E-state index contributed by atoms with van der Waals surface area (Å²) in [5.41, 5.74) is 1.38. The summed E-state index contributed by atoms with van der Waals surface area (Å²) < 4.78 is 4.47. The van der Waals surface area contributed by atoms with Crippen LogP contribution in [0.1, 0.15) is 37.2 Å². The minimum Gasteiger partial charge on any atom is -0.349 e. The first-order chi connectivity index (χ1) is 15.2. The van der Waals surface area contributed by atoms with Crippen LogP contribution in [0.5, 0.6) is 0 Å². The van der Waals surface area contributed by atoms with Crippen molar-refractivity contribution in [3.05, 3.63) is 72.8 Å². The first kappa shape index (κ1) is 24.3. The molecule has 0 radical (unpaired) electrons. The Balaban J connectivity index is 0.00000289. The van der Waals surface area contributed by atoms with Gasteiger partial charge in [-0.05, 0) is 30.7 Å². The van der Waals surface area contributed by atoms with Gasteiger partial charge in [0.1, 0.15) is 5.82 Å². The Morgan fingerprint density at radius 1 is 1.19 bits per heavy atom. The molecule has 1 N–H and O–H groups in total. The summed E-state index contributed by atoms with van der Waals surface area (Å²) in [5.74, 6) is 2.61. The second kappa shape index (κ2) is 12.0. The van der Waals surface area contributed by atoms with Gasteiger partial charge in [0.15, 0.2) is 5.96 Å². The maximum Gasteiger partial charge on any atom is 0.194 e. The van der Waals surface area contributed by atoms with Crippen molar-refractivity contribution in [3.8, 4) is 0 Å². The monoisotopic (exact) mass is 547 g/mol. The van der Waals surface area contributed by atoms with Gasteiger partial charge in [0.2, 0.25) is 0 Å². The number of rotatable bonds is 7. The van der Waals surface area contributed by atoms with Crippen LogP contribution >= 0.6 is 24.0 Å². The van der Waals surface area contributed by atoms with E-state index < -0.39 is 0 Å². The number of benzene rings is 1. The fraction of sp³-hybridized carbons (Fsp3) is 0.458. The van der Waals surface area contributed by atoms with E-state index >= 15 is 0 Å². The van der Waals surface area contributed by atoms with Crippen molar-refractivity contribution in [2.45, 2.75) is 45.3 Å². The van der Waals surface area contributed by atoms with Gasteiger partial charge in [-0.2, -0.15) is 0 Å². The number of imidazole rings is 2. The number of guanidine groups is 1. The van der Waals surface area contributed by atoms with Crippen LogP contribution in [-0.2, 0) is 19.5 Å². The zero-order chi connectivity index (χ0) is 21.5. The standard InChI is InChI=1S/C24H33N7.HI/c1-20-10-14-30(18-22(20)31-15-11-26-19-31)24(25-2)28-17-23-27-12-16-29(23)13-6-9-21-7-4-3-5-8-21;/h3-5,7-8,11-12,15-16,19-20,22H,6,9-10,13-14,17-18H2,1-2H3,(H,25,28);1H. The number of hydrogen-bond acceptors (Lipinski definition) is 3. The van der Waals surface area contributed by atoms with Crippen molar-refractivity contribution < 1.29 is 0 Å². The van der Waals surface area contributed by atoms with Crippen LogP contribution in [0.4, 0.5) is 0 Å². The molecule has 0 aliphatic carbocycles. The molecule has 0 saturated carbocycles. The lowest BCUT2D eigenvalue weighted by molar-refractivity contribution is 0.189. The first-order valence-corrected chi connectivity index (χ1v) is 11.2. The summed E-state index contributed by atoms with van der Waals surface area (Å²) >= 11 is 0. The molecule has 1 aliphatic heterocycles. The zero-order valence-electron chi connectivity index (χ0n) is 19.0. The van der Waals surface area contributed by atoms with E-state index in [4.69, 9.17) is 0 Å². The molecule has 1 aromatic carbocycles. The highest BCUT2D eigenvalue weighted by atomic mass is 127. The molecular formula is C24H34IN7. The van der Waals surface area contributed by atoms with E-state index in [1.807, 2.05) is 25.8 Å². The largest absolute Gasteiger partial charge is 0.349 e. The number of piperidine rings is 1. The van der Waals surface area contributed by atoms with E-state index in [0.29, 0.717) is 18.5 Å². The van der Waals surface area contributed by atoms with E-state index in [-0.39, 0.29) is 24.0 Å². The van der Waals surface area contributed by atoms with Crippen LogP contribution in [0.2, 0.25) is 0 Å². The highest BCUT2D eigenvalue weighted by Crippen LogP contribution is 2.27. The Kier molecular flexibility index (Phi) is 9.13. The summed E-state index contributed by atoms with van der Waals surface area (Å²) in [6.45, 7) is 5.91. The summed E-state index contributed by atoms with van der Waals surface area (Å²) in [6.07, 6.45) is 13.1. The predicted octanol–water partition coefficient (Wildman–Crippen LogP) is 3.99. The fourth-order valence-electron chi connectivity index (χ4n) is 4.39. The molecule has 1 saturated heterocycles. The molecule has 3 heterocycles. The van der Waals surface area contributed by atoms with Crippen LogP contribution in [0.3, 0.4) is 0 Å². The van der Waals surface area contributed by atoms with E-state index in [1.165, 1.54) is 5.56 Å². The summed E-state index contributed by atoms with van der Waals surface area (Å²) in [5, 5.41) is 3.54. The molecule has 172 valence electrons. The predicted molar refractivity (Wildman–Crippen MR) is 139 cm³/mol. The van der Waals surface area contributed by atoms with Crippen LogP contribution in [-0.4, -0.2) is 50.1 Å². The summed E-state index contributed by atoms with van der Waals surface area (Å²) in [7, 11) is 1.86. The molecule has 2 unspecified atom stereocenters. The summed E-state index contributed by atoms with van der Waals surface area (Å²) in [6, 6.07) is 11.1. The number of aryl methyl sites for hydroxylation is 2. The Labute approximate surface area is 208 Å². The normalized spacial score (nSPS) is 18.9. The molecule has 2 atom stereocenters. The second-order valence-electron chi connectivity index (χ2n) is 8.32. The van der Waals surface area contributed by atoms with E-state index in [0.717, 1.165) is 50.7 Å². The number of halogens is 1. The van der Waals surface area contributed by atoms with Gasteiger partial charge in [-0.1, -0.05) is 37.3 Å². The minimum atomic E-state index is 0. The van der Waals surface area contributed by atoms with Crippen LogP contribution in [0, 0.1) is 5.92 Å². The second-order valence-corrected chi connectivity index (χ2v) is 8.32. The number of nitrogens with zero attached hydrogens (tertiary/aromatic N) is 6. The van der Waals surface area contributed by atoms with Gasteiger partial charge in [-0.3, -0.25) is 4.99 Å². The quantitative estimate of drug-likeness (QED) is 0.276. The minimum absolute atomic E-state index is 0. The van der Waals surface area contributed by atoms with E-state index in [9.17, 15) is 0 Å². The molecule has 0 amide bonds. The van der Waals surface area contributed by atoms with Crippen LogP contribution < -0.4 is 5.32 Å². The average molecular weight is 547 g/mol. The zero-order valence-corrected chi connectivity index (χ0v) is 21.3. The lowest BCUT2D eigenvalue weighted by Crippen LogP contribution is -2.48. The smallest absolute Gasteiger partial charge is 0.194 e. The van der Waals surface area contributed by atoms with E-state index in [1.54, 1.807) is 0 Å². The average Bonchev–Trinajstić information content (AvgIpc) is 3.48. The molecule has 0 spiro atoms. The number of aromatic nitrogens is 4. The lowest BCUT2D eigenvalue weighted by Gasteiger charge is -2.39. The van der Waals surface area contributed by atoms with Gasteiger partial charge in [0.25, 0.3) is 0 Å². The fourth-order valence-corrected chi connectivity index (χ4v) is 4.39. The Bertz CT molecular complexity index is 952. The molecule has 4 rings (SSSR count). The number of hydrogen-bond donors (Lipinski definition) is 1. The lowest BCUT2D eigenvalue weighted by atomic mass is 9.93. The molecule has 1 fully saturated rings. The molecule has 8 heteroatoms. The van der Waals surface area contributed by atoms with Crippen molar-refractivity contribution in [3.63, 3.8) is 0 Å². The molecular weight excluding hydrogens is 513 g/mol. The van der Waals surface area contributed by atoms with Crippen molar-refractivity contribution in [1.82, 2.24) is 29.3 Å². The Morgan fingerprint density at radius 3 is 2.78 bits per heavy atom. The van der Waals surface area contributed by atoms with Gasteiger partial charge in [-0.25, -0.2) is 9.97 Å². The summed E-state index contributed by atoms with van der Waals surface area (Å²) in [4.78, 5) is 15.7. The molecule has 2 aromatic heterocycles. The van der Waals surface area contributed by atoms with Gasteiger partial charge < -0.3 is 19.4 Å². The Hall–Kier alpha value is -2.36. The van der Waals surface area contributed by atoms with E-state index in [2.05, 4.69) is 84.0 Å². The van der Waals surface area contributed by atoms with Crippen LogP contribution in [0.15, 0.2) is 66.4 Å². The highest BCUT2D eigenvalue weighted by molar-refractivity contribution is 14.0. The molecule has 3 aromatic rings. The van der Waals surface area contributed by atoms with Gasteiger partial charge in [0.05, 0.1) is 18.9 Å².